The van der Waals surface area contributed by atoms with Crippen molar-refractivity contribution in [1.82, 2.24) is 5.32 Å². The van der Waals surface area contributed by atoms with Crippen molar-refractivity contribution in [2.45, 2.75) is 13.5 Å². The third-order valence-electron chi connectivity index (χ3n) is 3.18. The summed E-state index contributed by atoms with van der Waals surface area (Å²) < 4.78 is 5.07. The Bertz CT molecular complexity index is 731. The molecule has 2 N–H and O–H groups in total. The van der Waals surface area contributed by atoms with Gasteiger partial charge in [0.05, 0.1) is 23.8 Å². The van der Waals surface area contributed by atoms with Gasteiger partial charge in [-0.05, 0) is 18.6 Å². The van der Waals surface area contributed by atoms with Gasteiger partial charge in [-0.25, -0.2) is 4.79 Å². The number of hydrogen-bond donors (Lipinski definition) is 2. The Labute approximate surface area is 133 Å². The van der Waals surface area contributed by atoms with Crippen molar-refractivity contribution in [2.24, 2.45) is 0 Å². The molecule has 23 heavy (non-hydrogen) atoms. The number of aryl methyl sites for hydroxylation is 1. The molecule has 7 nitrogen and oxygen atoms in total. The van der Waals surface area contributed by atoms with Crippen LogP contribution < -0.4 is 15.4 Å². The maximum absolute atomic E-state index is 11.9. The van der Waals surface area contributed by atoms with Gasteiger partial charge < -0.3 is 15.4 Å². The summed E-state index contributed by atoms with van der Waals surface area (Å²) >= 11 is 0. The van der Waals surface area contributed by atoms with Crippen molar-refractivity contribution in [3.05, 3.63) is 63.7 Å². The minimum absolute atomic E-state index is 0.104. The molecule has 2 amide bonds. The number of urea groups is 1. The van der Waals surface area contributed by atoms with Gasteiger partial charge in [0.1, 0.15) is 5.75 Å². The predicted molar refractivity (Wildman–Crippen MR) is 86.7 cm³/mol. The molecule has 0 saturated carbocycles. The van der Waals surface area contributed by atoms with Crippen molar-refractivity contribution in [1.29, 1.82) is 0 Å². The third-order valence-corrected chi connectivity index (χ3v) is 3.18. The fourth-order valence-electron chi connectivity index (χ4n) is 2.07. The quantitative estimate of drug-likeness (QED) is 0.654. The number of nitrogens with one attached hydrogen (secondary N) is 2. The summed E-state index contributed by atoms with van der Waals surface area (Å²) in [5.41, 5.74) is 2.35. The molecule has 0 aromatic heterocycles. The maximum atomic E-state index is 11.9. The molecule has 0 atom stereocenters. The van der Waals surface area contributed by atoms with Crippen LogP contribution in [-0.2, 0) is 6.54 Å². The molecule has 120 valence electrons. The molecule has 0 spiro atoms. The smallest absolute Gasteiger partial charge is 0.319 e. The van der Waals surface area contributed by atoms with E-state index >= 15 is 0 Å². The number of anilines is 1. The average molecular weight is 315 g/mol. The van der Waals surface area contributed by atoms with Crippen LogP contribution in [0.3, 0.4) is 0 Å². The van der Waals surface area contributed by atoms with E-state index in [9.17, 15) is 14.9 Å². The number of benzene rings is 2. The van der Waals surface area contributed by atoms with Gasteiger partial charge in [-0.2, -0.15) is 0 Å². The van der Waals surface area contributed by atoms with E-state index in [1.54, 1.807) is 0 Å². The Hall–Kier alpha value is -3.09. The van der Waals surface area contributed by atoms with Gasteiger partial charge in [0.15, 0.2) is 0 Å². The summed E-state index contributed by atoms with van der Waals surface area (Å²) in [6, 6.07) is 11.4. The molecule has 0 fully saturated rings. The zero-order valence-corrected chi connectivity index (χ0v) is 12.8. The van der Waals surface area contributed by atoms with Crippen LogP contribution in [0.2, 0.25) is 0 Å². The molecule has 0 aliphatic carbocycles. The lowest BCUT2D eigenvalue weighted by atomic mass is 10.1. The van der Waals surface area contributed by atoms with Crippen LogP contribution in [-0.4, -0.2) is 18.1 Å². The minimum atomic E-state index is -0.524. The molecule has 0 aliphatic heterocycles. The third kappa shape index (κ3) is 4.44. The fourth-order valence-corrected chi connectivity index (χ4v) is 2.07. The number of non-ortho nitro benzene ring substituents is 1. The summed E-state index contributed by atoms with van der Waals surface area (Å²) in [5.74, 6) is 0.227. The molecule has 0 saturated heterocycles. The molecular formula is C16H17N3O4. The van der Waals surface area contributed by atoms with E-state index in [0.717, 1.165) is 11.1 Å². The lowest BCUT2D eigenvalue weighted by Gasteiger charge is -2.11. The van der Waals surface area contributed by atoms with Gasteiger partial charge in [0.2, 0.25) is 0 Å². The minimum Gasteiger partial charge on any atom is -0.494 e. The summed E-state index contributed by atoms with van der Waals surface area (Å²) in [4.78, 5) is 22.2. The molecule has 0 bridgehead atoms. The first-order valence-corrected chi connectivity index (χ1v) is 6.92. The van der Waals surface area contributed by atoms with Gasteiger partial charge in [-0.3, -0.25) is 10.1 Å². The van der Waals surface area contributed by atoms with E-state index in [1.165, 1.54) is 25.3 Å². The second-order valence-corrected chi connectivity index (χ2v) is 4.94. The van der Waals surface area contributed by atoms with Crippen LogP contribution in [0.5, 0.6) is 5.75 Å². The molecule has 2 rings (SSSR count). The van der Waals surface area contributed by atoms with Gasteiger partial charge >= 0.3 is 6.03 Å². The Morgan fingerprint density at radius 1 is 1.26 bits per heavy atom. The van der Waals surface area contributed by atoms with Crippen LogP contribution in [0.1, 0.15) is 11.1 Å². The first kappa shape index (κ1) is 16.3. The summed E-state index contributed by atoms with van der Waals surface area (Å²) in [6.45, 7) is 2.36. The van der Waals surface area contributed by atoms with Crippen LogP contribution in [0.4, 0.5) is 16.2 Å². The zero-order chi connectivity index (χ0) is 16.8. The number of nitro groups is 1. The zero-order valence-electron chi connectivity index (χ0n) is 12.8. The van der Waals surface area contributed by atoms with Crippen molar-refractivity contribution >= 4 is 17.4 Å². The van der Waals surface area contributed by atoms with E-state index in [4.69, 9.17) is 4.74 Å². The van der Waals surface area contributed by atoms with Crippen LogP contribution >= 0.6 is 0 Å². The van der Waals surface area contributed by atoms with E-state index in [1.807, 2.05) is 31.2 Å². The lowest BCUT2D eigenvalue weighted by molar-refractivity contribution is -0.384. The number of carbonyl (C=O) groups excluding carboxylic acids is 1. The molecule has 0 radical (unpaired) electrons. The highest BCUT2D eigenvalue weighted by atomic mass is 16.6. The standard InChI is InChI=1S/C16H17N3O4/c1-11-4-3-5-12(8-11)10-17-16(20)18-14-7-6-13(19(21)22)9-15(14)23-2/h3-9H,10H2,1-2H3,(H2,17,18,20). The number of rotatable bonds is 5. The predicted octanol–water partition coefficient (Wildman–Crippen LogP) is 3.23. The van der Waals surface area contributed by atoms with E-state index < -0.39 is 11.0 Å². The first-order chi connectivity index (χ1) is 11.0. The van der Waals surface area contributed by atoms with Crippen LogP contribution in [0.15, 0.2) is 42.5 Å². The van der Waals surface area contributed by atoms with Gasteiger partial charge in [-0.1, -0.05) is 29.8 Å². The Balaban J connectivity index is 2.01. The number of ether oxygens (including phenoxy) is 1. The van der Waals surface area contributed by atoms with Gasteiger partial charge in [-0.15, -0.1) is 0 Å². The molecule has 0 heterocycles. The second-order valence-electron chi connectivity index (χ2n) is 4.94. The molecule has 0 aliphatic rings. The number of nitrogens with zero attached hydrogens (tertiary/aromatic N) is 1. The number of carbonyl (C=O) groups is 1. The molecule has 2 aromatic carbocycles. The highest BCUT2D eigenvalue weighted by molar-refractivity contribution is 5.91. The van der Waals surface area contributed by atoms with Crippen LogP contribution in [0.25, 0.3) is 0 Å². The molecule has 0 unspecified atom stereocenters. The monoisotopic (exact) mass is 315 g/mol. The fraction of sp³-hybridized carbons (Fsp3) is 0.188. The van der Waals surface area contributed by atoms with E-state index in [0.29, 0.717) is 12.2 Å². The Morgan fingerprint density at radius 2 is 2.04 bits per heavy atom. The van der Waals surface area contributed by atoms with Gasteiger partial charge in [0, 0.05) is 12.6 Å². The molecule has 7 heteroatoms. The summed E-state index contributed by atoms with van der Waals surface area (Å²) in [5, 5.41) is 16.1. The number of amides is 2. The van der Waals surface area contributed by atoms with E-state index in [-0.39, 0.29) is 11.4 Å². The highest BCUT2D eigenvalue weighted by Gasteiger charge is 2.13. The Morgan fingerprint density at radius 3 is 2.70 bits per heavy atom. The second kappa shape index (κ2) is 7.26. The molecular weight excluding hydrogens is 298 g/mol. The lowest BCUT2D eigenvalue weighted by Crippen LogP contribution is -2.28. The van der Waals surface area contributed by atoms with Gasteiger partial charge in [0.25, 0.3) is 5.69 Å². The summed E-state index contributed by atoms with van der Waals surface area (Å²) in [7, 11) is 1.38. The van der Waals surface area contributed by atoms with E-state index in [2.05, 4.69) is 10.6 Å². The summed E-state index contributed by atoms with van der Waals surface area (Å²) in [6.07, 6.45) is 0. The van der Waals surface area contributed by atoms with Crippen LogP contribution in [0, 0.1) is 17.0 Å². The normalized spacial score (nSPS) is 10.0. The van der Waals surface area contributed by atoms with Crippen molar-refractivity contribution < 1.29 is 14.5 Å². The first-order valence-electron chi connectivity index (χ1n) is 6.92. The Kier molecular flexibility index (Phi) is 5.14. The SMILES string of the molecule is COc1cc([N+](=O)[O-])ccc1NC(=O)NCc1cccc(C)c1. The van der Waals surface area contributed by atoms with Crippen molar-refractivity contribution in [3.63, 3.8) is 0 Å². The van der Waals surface area contributed by atoms with Crippen molar-refractivity contribution in [3.8, 4) is 5.75 Å². The maximum Gasteiger partial charge on any atom is 0.319 e. The average Bonchev–Trinajstić information content (AvgIpc) is 2.53. The van der Waals surface area contributed by atoms with Crippen molar-refractivity contribution in [2.75, 3.05) is 12.4 Å². The highest BCUT2D eigenvalue weighted by Crippen LogP contribution is 2.28. The number of hydrogen-bond acceptors (Lipinski definition) is 4. The topological polar surface area (TPSA) is 93.5 Å². The largest absolute Gasteiger partial charge is 0.494 e. The number of methoxy groups -OCH3 is 1. The molecule has 2 aromatic rings. The number of nitro benzene ring substituents is 1.